The monoisotopic (exact) mass is 375 g/mol. The molecule has 7 nitrogen and oxygen atoms in total. The lowest BCUT2D eigenvalue weighted by molar-refractivity contribution is 0.102. The highest BCUT2D eigenvalue weighted by Gasteiger charge is 2.22. The Morgan fingerprint density at radius 3 is 2.82 bits per heavy atom. The first kappa shape index (κ1) is 17.8. The number of aryl methyl sites for hydroxylation is 1. The van der Waals surface area contributed by atoms with Crippen molar-refractivity contribution in [2.75, 3.05) is 23.8 Å². The molecule has 0 aliphatic carbocycles. The molecule has 0 atom stereocenters. The minimum atomic E-state index is -0.201. The molecule has 142 valence electrons. The molecule has 0 saturated heterocycles. The van der Waals surface area contributed by atoms with Gasteiger partial charge in [0.15, 0.2) is 0 Å². The van der Waals surface area contributed by atoms with Crippen LogP contribution in [0.4, 0.5) is 16.2 Å². The average molecular weight is 375 g/mol. The second-order valence-electron chi connectivity index (χ2n) is 6.68. The number of benzene rings is 2. The van der Waals surface area contributed by atoms with Crippen molar-refractivity contribution in [2.24, 2.45) is 0 Å². The molecule has 4 rings (SSSR count). The fourth-order valence-corrected chi connectivity index (χ4v) is 3.45. The smallest absolute Gasteiger partial charge is 0.321 e. The van der Waals surface area contributed by atoms with Crippen molar-refractivity contribution >= 4 is 23.3 Å². The minimum Gasteiger partial charge on any atom is -0.341 e. The first-order valence-corrected chi connectivity index (χ1v) is 9.18. The zero-order valence-electron chi connectivity index (χ0n) is 15.5. The zero-order valence-corrected chi connectivity index (χ0v) is 15.5. The van der Waals surface area contributed by atoms with Gasteiger partial charge in [-0.25, -0.2) is 4.79 Å². The van der Waals surface area contributed by atoms with Crippen LogP contribution in [0.1, 0.15) is 22.3 Å². The summed E-state index contributed by atoms with van der Waals surface area (Å²) >= 11 is 0. The van der Waals surface area contributed by atoms with Gasteiger partial charge in [-0.2, -0.15) is 5.10 Å². The van der Waals surface area contributed by atoms with E-state index >= 15 is 0 Å². The van der Waals surface area contributed by atoms with Gasteiger partial charge in [-0.05, 0) is 48.2 Å². The third kappa shape index (κ3) is 3.46. The van der Waals surface area contributed by atoms with E-state index < -0.39 is 0 Å². The minimum absolute atomic E-state index is 0.141. The first-order valence-electron chi connectivity index (χ1n) is 9.18. The maximum Gasteiger partial charge on any atom is 0.321 e. The molecule has 0 fully saturated rings. The maximum absolute atomic E-state index is 12.7. The standard InChI is InChI=1S/C21H21N5O2/c1-22-21(28)26-9-3-6-14-7-8-18(11-19(14)26)25-20(27)16-5-2-4-15(10-16)17-12-23-24-13-17/h2,4-5,7-8,10-13H,3,6,9H2,1H3,(H,22,28)(H,23,24)(H,25,27). The zero-order chi connectivity index (χ0) is 19.5. The van der Waals surface area contributed by atoms with E-state index in [1.165, 1.54) is 0 Å². The van der Waals surface area contributed by atoms with Crippen LogP contribution in [0.25, 0.3) is 11.1 Å². The number of aromatic amines is 1. The van der Waals surface area contributed by atoms with Gasteiger partial charge >= 0.3 is 6.03 Å². The number of nitrogens with one attached hydrogen (secondary N) is 3. The number of carbonyl (C=O) groups is 2. The Labute approximate surface area is 162 Å². The van der Waals surface area contributed by atoms with Gasteiger partial charge in [0.25, 0.3) is 5.91 Å². The molecule has 28 heavy (non-hydrogen) atoms. The lowest BCUT2D eigenvalue weighted by atomic mass is 10.0. The van der Waals surface area contributed by atoms with Crippen molar-refractivity contribution in [1.29, 1.82) is 0 Å². The van der Waals surface area contributed by atoms with Gasteiger partial charge in [0.1, 0.15) is 0 Å². The van der Waals surface area contributed by atoms with Crippen LogP contribution in [0.2, 0.25) is 0 Å². The number of hydrogen-bond donors (Lipinski definition) is 3. The highest BCUT2D eigenvalue weighted by molar-refractivity contribution is 6.05. The number of hydrogen-bond acceptors (Lipinski definition) is 3. The van der Waals surface area contributed by atoms with Gasteiger partial charge in [0, 0.05) is 36.6 Å². The summed E-state index contributed by atoms with van der Waals surface area (Å²) in [5, 5.41) is 12.3. The summed E-state index contributed by atoms with van der Waals surface area (Å²) in [4.78, 5) is 26.6. The summed E-state index contributed by atoms with van der Waals surface area (Å²) in [5.41, 5.74) is 5.00. The van der Waals surface area contributed by atoms with E-state index in [0.29, 0.717) is 17.8 Å². The summed E-state index contributed by atoms with van der Waals surface area (Å²) in [5.74, 6) is -0.201. The summed E-state index contributed by atoms with van der Waals surface area (Å²) < 4.78 is 0. The van der Waals surface area contributed by atoms with E-state index in [0.717, 1.165) is 35.2 Å². The van der Waals surface area contributed by atoms with Gasteiger partial charge < -0.3 is 10.6 Å². The SMILES string of the molecule is CNC(=O)N1CCCc2ccc(NC(=O)c3cccc(-c4cn[nH]c4)c3)cc21. The number of aromatic nitrogens is 2. The van der Waals surface area contributed by atoms with Crippen molar-refractivity contribution < 1.29 is 9.59 Å². The number of rotatable bonds is 3. The predicted octanol–water partition coefficient (Wildman–Crippen LogP) is 3.42. The van der Waals surface area contributed by atoms with Crippen molar-refractivity contribution in [1.82, 2.24) is 15.5 Å². The number of carbonyl (C=O) groups excluding carboxylic acids is 2. The lowest BCUT2D eigenvalue weighted by Crippen LogP contribution is -2.41. The largest absolute Gasteiger partial charge is 0.341 e. The summed E-state index contributed by atoms with van der Waals surface area (Å²) in [6, 6.07) is 13.0. The maximum atomic E-state index is 12.7. The second kappa shape index (κ2) is 7.56. The molecule has 0 saturated carbocycles. The molecule has 1 aliphatic rings. The molecule has 2 heterocycles. The van der Waals surface area contributed by atoms with Gasteiger partial charge in [-0.3, -0.25) is 14.8 Å². The molecule has 0 unspecified atom stereocenters. The van der Waals surface area contributed by atoms with E-state index in [1.807, 2.05) is 36.4 Å². The van der Waals surface area contributed by atoms with Crippen LogP contribution in [0.5, 0.6) is 0 Å². The second-order valence-corrected chi connectivity index (χ2v) is 6.68. The highest BCUT2D eigenvalue weighted by atomic mass is 16.2. The average Bonchev–Trinajstić information content (AvgIpc) is 3.28. The molecule has 1 aromatic heterocycles. The molecule has 1 aliphatic heterocycles. The van der Waals surface area contributed by atoms with Crippen LogP contribution in [0, 0.1) is 0 Å². The first-order chi connectivity index (χ1) is 13.7. The van der Waals surface area contributed by atoms with E-state index in [9.17, 15) is 9.59 Å². The fraction of sp³-hybridized carbons (Fsp3) is 0.190. The van der Waals surface area contributed by atoms with E-state index in [1.54, 1.807) is 30.4 Å². The van der Waals surface area contributed by atoms with Gasteiger partial charge in [0.05, 0.1) is 11.9 Å². The molecular weight excluding hydrogens is 354 g/mol. The van der Waals surface area contributed by atoms with Crippen molar-refractivity contribution in [2.45, 2.75) is 12.8 Å². The molecule has 0 spiro atoms. The number of amides is 3. The summed E-state index contributed by atoms with van der Waals surface area (Å²) in [7, 11) is 1.62. The third-order valence-corrected chi connectivity index (χ3v) is 4.88. The molecule has 2 aromatic carbocycles. The van der Waals surface area contributed by atoms with Crippen molar-refractivity contribution in [3.05, 3.63) is 66.0 Å². The predicted molar refractivity (Wildman–Crippen MR) is 109 cm³/mol. The molecule has 3 N–H and O–H groups in total. The molecule has 7 heteroatoms. The van der Waals surface area contributed by atoms with Crippen LogP contribution in [-0.2, 0) is 6.42 Å². The highest BCUT2D eigenvalue weighted by Crippen LogP contribution is 2.30. The van der Waals surface area contributed by atoms with Crippen LogP contribution < -0.4 is 15.5 Å². The van der Waals surface area contributed by atoms with Crippen LogP contribution in [0.15, 0.2) is 54.9 Å². The molecule has 3 aromatic rings. The number of urea groups is 1. The summed E-state index contributed by atoms with van der Waals surface area (Å²) in [6.45, 7) is 0.664. The number of H-pyrrole nitrogens is 1. The van der Waals surface area contributed by atoms with Crippen molar-refractivity contribution in [3.8, 4) is 11.1 Å². The van der Waals surface area contributed by atoms with Gasteiger partial charge in [0.2, 0.25) is 0 Å². The van der Waals surface area contributed by atoms with Crippen LogP contribution in [0.3, 0.4) is 0 Å². The van der Waals surface area contributed by atoms with E-state index in [2.05, 4.69) is 20.8 Å². The van der Waals surface area contributed by atoms with Crippen LogP contribution in [-0.4, -0.2) is 35.7 Å². The summed E-state index contributed by atoms with van der Waals surface area (Å²) in [6.07, 6.45) is 5.35. The van der Waals surface area contributed by atoms with Gasteiger partial charge in [-0.1, -0.05) is 18.2 Å². The molecular formula is C21H21N5O2. The Morgan fingerprint density at radius 1 is 1.14 bits per heavy atom. The normalized spacial score (nSPS) is 13.0. The van der Waals surface area contributed by atoms with Crippen LogP contribution >= 0.6 is 0 Å². The molecule has 0 radical (unpaired) electrons. The molecule has 0 bridgehead atoms. The topological polar surface area (TPSA) is 90.1 Å². The fourth-order valence-electron chi connectivity index (χ4n) is 3.45. The lowest BCUT2D eigenvalue weighted by Gasteiger charge is -2.29. The van der Waals surface area contributed by atoms with Gasteiger partial charge in [-0.15, -0.1) is 0 Å². The van der Waals surface area contributed by atoms with E-state index in [4.69, 9.17) is 0 Å². The van der Waals surface area contributed by atoms with Crippen molar-refractivity contribution in [3.63, 3.8) is 0 Å². The quantitative estimate of drug-likeness (QED) is 0.655. The Hall–Kier alpha value is -3.61. The molecule has 3 amide bonds. The Balaban J connectivity index is 1.57. The number of anilines is 2. The Bertz CT molecular complexity index is 1010. The van der Waals surface area contributed by atoms with E-state index in [-0.39, 0.29) is 11.9 Å². The Kier molecular flexibility index (Phi) is 4.80. The third-order valence-electron chi connectivity index (χ3n) is 4.88. The number of fused-ring (bicyclic) bond motifs is 1. The Morgan fingerprint density at radius 2 is 2.04 bits per heavy atom. The number of nitrogens with zero attached hydrogens (tertiary/aromatic N) is 2.